The van der Waals surface area contributed by atoms with Gasteiger partial charge in [-0.1, -0.05) is 0 Å². The number of hydrogen-bond acceptors (Lipinski definition) is 4. The van der Waals surface area contributed by atoms with Crippen LogP contribution in [0.1, 0.15) is 16.8 Å². The first-order chi connectivity index (χ1) is 9.67. The Kier molecular flexibility index (Phi) is 3.67. The Morgan fingerprint density at radius 2 is 2.35 bits per heavy atom. The molecule has 0 bridgehead atoms. The molecule has 2 heterocycles. The zero-order valence-corrected chi connectivity index (χ0v) is 11.9. The number of nitrogens with zero attached hydrogens (tertiary/aromatic N) is 1. The van der Waals surface area contributed by atoms with Gasteiger partial charge in [0.05, 0.1) is 11.4 Å². The summed E-state index contributed by atoms with van der Waals surface area (Å²) in [6.07, 6.45) is 0.972. The van der Waals surface area contributed by atoms with Crippen LogP contribution in [0.2, 0.25) is 0 Å². The molecule has 1 aromatic rings. The topological polar surface area (TPSA) is 75.4 Å². The van der Waals surface area contributed by atoms with Gasteiger partial charge < -0.3 is 16.0 Å². The van der Waals surface area contributed by atoms with Crippen molar-refractivity contribution in [2.45, 2.75) is 11.3 Å². The number of likely N-dealkylation sites (tertiary alicyclic amines) is 1. The molecule has 1 aromatic carbocycles. The lowest BCUT2D eigenvalue weighted by molar-refractivity contribution is -0.113. The summed E-state index contributed by atoms with van der Waals surface area (Å²) in [5.41, 5.74) is 7.02. The predicted octanol–water partition coefficient (Wildman–Crippen LogP) is 1.15. The summed E-state index contributed by atoms with van der Waals surface area (Å²) in [5, 5.41) is 2.82. The van der Waals surface area contributed by atoms with E-state index < -0.39 is 0 Å². The molecule has 2 aliphatic heterocycles. The van der Waals surface area contributed by atoms with Crippen LogP contribution < -0.4 is 11.1 Å². The van der Waals surface area contributed by atoms with Gasteiger partial charge in [-0.2, -0.15) is 0 Å². The fraction of sp³-hybridized carbons (Fsp3) is 0.429. The molecule has 6 heteroatoms. The Balaban J connectivity index is 1.79. The summed E-state index contributed by atoms with van der Waals surface area (Å²) in [6.45, 7) is 2.12. The highest BCUT2D eigenvalue weighted by Crippen LogP contribution is 2.32. The largest absolute Gasteiger partial charge is 0.338 e. The minimum absolute atomic E-state index is 0.0172. The molecule has 1 saturated heterocycles. The van der Waals surface area contributed by atoms with E-state index in [4.69, 9.17) is 5.73 Å². The van der Waals surface area contributed by atoms with Gasteiger partial charge in [0.15, 0.2) is 0 Å². The van der Waals surface area contributed by atoms with Crippen molar-refractivity contribution in [3.8, 4) is 0 Å². The minimum Gasteiger partial charge on any atom is -0.338 e. The first-order valence-corrected chi connectivity index (χ1v) is 7.72. The fourth-order valence-corrected chi connectivity index (χ4v) is 3.40. The monoisotopic (exact) mass is 291 g/mol. The molecule has 0 saturated carbocycles. The number of carbonyl (C=O) groups excluding carboxylic acids is 2. The highest BCUT2D eigenvalue weighted by molar-refractivity contribution is 8.00. The van der Waals surface area contributed by atoms with Crippen LogP contribution in [0, 0.1) is 5.92 Å². The average molecular weight is 291 g/mol. The van der Waals surface area contributed by atoms with E-state index in [0.29, 0.717) is 23.8 Å². The van der Waals surface area contributed by atoms with Crippen molar-refractivity contribution in [3.63, 3.8) is 0 Å². The lowest BCUT2D eigenvalue weighted by Gasteiger charge is -2.20. The Morgan fingerprint density at radius 3 is 3.10 bits per heavy atom. The molecule has 20 heavy (non-hydrogen) atoms. The third-order valence-corrected chi connectivity index (χ3v) is 4.84. The summed E-state index contributed by atoms with van der Waals surface area (Å²) >= 11 is 1.50. The fourth-order valence-electron chi connectivity index (χ4n) is 2.61. The van der Waals surface area contributed by atoms with Crippen molar-refractivity contribution in [1.29, 1.82) is 0 Å². The maximum atomic E-state index is 12.4. The Hall–Kier alpha value is -1.53. The molecular weight excluding hydrogens is 274 g/mol. The van der Waals surface area contributed by atoms with Crippen LogP contribution in [0.5, 0.6) is 0 Å². The number of thioether (sulfide) groups is 1. The lowest BCUT2D eigenvalue weighted by Crippen LogP contribution is -2.30. The summed E-state index contributed by atoms with van der Waals surface area (Å²) in [5.74, 6) is 0.849. The van der Waals surface area contributed by atoms with Gasteiger partial charge >= 0.3 is 0 Å². The van der Waals surface area contributed by atoms with Gasteiger partial charge in [0.25, 0.3) is 5.91 Å². The molecule has 5 nitrogen and oxygen atoms in total. The maximum absolute atomic E-state index is 12.4. The van der Waals surface area contributed by atoms with Crippen molar-refractivity contribution < 1.29 is 9.59 Å². The van der Waals surface area contributed by atoms with Crippen molar-refractivity contribution in [1.82, 2.24) is 4.90 Å². The Morgan fingerprint density at radius 1 is 1.50 bits per heavy atom. The average Bonchev–Trinajstić information content (AvgIpc) is 2.94. The number of amides is 2. The lowest BCUT2D eigenvalue weighted by atomic mass is 10.1. The molecular formula is C14H17N3O2S. The van der Waals surface area contributed by atoms with Gasteiger partial charge in [0.2, 0.25) is 5.91 Å². The molecule has 3 N–H and O–H groups in total. The summed E-state index contributed by atoms with van der Waals surface area (Å²) < 4.78 is 0. The van der Waals surface area contributed by atoms with Crippen LogP contribution in [0.3, 0.4) is 0 Å². The molecule has 2 amide bonds. The summed E-state index contributed by atoms with van der Waals surface area (Å²) in [7, 11) is 0. The van der Waals surface area contributed by atoms with Gasteiger partial charge in [-0.25, -0.2) is 0 Å². The maximum Gasteiger partial charge on any atom is 0.253 e. The first kappa shape index (κ1) is 13.5. The molecule has 0 radical (unpaired) electrons. The second-order valence-electron chi connectivity index (χ2n) is 5.19. The third kappa shape index (κ3) is 2.53. The van der Waals surface area contributed by atoms with Crippen molar-refractivity contribution in [3.05, 3.63) is 23.8 Å². The molecule has 0 aromatic heterocycles. The normalized spacial score (nSPS) is 21.6. The van der Waals surface area contributed by atoms with Crippen molar-refractivity contribution >= 4 is 29.3 Å². The van der Waals surface area contributed by atoms with Gasteiger partial charge in [0.1, 0.15) is 0 Å². The van der Waals surface area contributed by atoms with Gasteiger partial charge in [-0.15, -0.1) is 11.8 Å². The van der Waals surface area contributed by atoms with Crippen LogP contribution in [0.15, 0.2) is 23.1 Å². The minimum atomic E-state index is -0.0172. The van der Waals surface area contributed by atoms with E-state index in [1.165, 1.54) is 11.8 Å². The molecule has 1 atom stereocenters. The number of fused-ring (bicyclic) bond motifs is 1. The van der Waals surface area contributed by atoms with Gasteiger partial charge in [-0.05, 0) is 37.1 Å². The second-order valence-corrected chi connectivity index (χ2v) is 6.21. The predicted molar refractivity (Wildman–Crippen MR) is 78.9 cm³/mol. The molecule has 1 unspecified atom stereocenters. The van der Waals surface area contributed by atoms with E-state index in [2.05, 4.69) is 5.32 Å². The van der Waals surface area contributed by atoms with Gasteiger partial charge in [-0.3, -0.25) is 9.59 Å². The van der Waals surface area contributed by atoms with Crippen LogP contribution in [0.4, 0.5) is 5.69 Å². The standard InChI is InChI=1S/C14H17N3O2S/c15-6-9-3-4-17(7-9)14(19)10-1-2-12-11(5-10)16-13(18)8-20-12/h1-2,5,9H,3-4,6-8,15H2,(H,16,18). The smallest absolute Gasteiger partial charge is 0.253 e. The van der Waals surface area contributed by atoms with Crippen molar-refractivity contribution in [2.75, 3.05) is 30.7 Å². The van der Waals surface area contributed by atoms with E-state index >= 15 is 0 Å². The Bertz CT molecular complexity index is 561. The second kappa shape index (κ2) is 5.46. The molecule has 106 valence electrons. The van der Waals surface area contributed by atoms with Crippen LogP contribution in [-0.2, 0) is 4.79 Å². The number of nitrogens with two attached hydrogens (primary N) is 1. The molecule has 2 aliphatic rings. The highest BCUT2D eigenvalue weighted by Gasteiger charge is 2.27. The van der Waals surface area contributed by atoms with E-state index in [0.717, 1.165) is 30.1 Å². The van der Waals surface area contributed by atoms with E-state index in [9.17, 15) is 9.59 Å². The molecule has 0 spiro atoms. The Labute approximate surface area is 121 Å². The number of benzene rings is 1. The first-order valence-electron chi connectivity index (χ1n) is 6.73. The van der Waals surface area contributed by atoms with Crippen LogP contribution >= 0.6 is 11.8 Å². The van der Waals surface area contributed by atoms with Crippen LogP contribution in [0.25, 0.3) is 0 Å². The SMILES string of the molecule is NCC1CCN(C(=O)c2ccc3c(c2)NC(=O)CS3)C1. The molecule has 1 fully saturated rings. The van der Waals surface area contributed by atoms with Crippen LogP contribution in [-0.4, -0.2) is 42.1 Å². The summed E-state index contributed by atoms with van der Waals surface area (Å²) in [6, 6.07) is 5.52. The molecule has 0 aliphatic carbocycles. The number of anilines is 1. The number of rotatable bonds is 2. The number of hydrogen-bond donors (Lipinski definition) is 2. The van der Waals surface area contributed by atoms with E-state index in [-0.39, 0.29) is 11.8 Å². The highest BCUT2D eigenvalue weighted by atomic mass is 32.2. The zero-order chi connectivity index (χ0) is 14.1. The summed E-state index contributed by atoms with van der Waals surface area (Å²) in [4.78, 5) is 26.7. The quantitative estimate of drug-likeness (QED) is 0.857. The van der Waals surface area contributed by atoms with Crippen molar-refractivity contribution in [2.24, 2.45) is 11.7 Å². The van der Waals surface area contributed by atoms with E-state index in [1.54, 1.807) is 6.07 Å². The third-order valence-electron chi connectivity index (χ3n) is 3.77. The zero-order valence-electron chi connectivity index (χ0n) is 11.1. The van der Waals surface area contributed by atoms with E-state index in [1.807, 2.05) is 17.0 Å². The molecule has 3 rings (SSSR count). The number of carbonyl (C=O) groups is 2. The number of nitrogens with one attached hydrogen (secondary N) is 1. The van der Waals surface area contributed by atoms with Gasteiger partial charge in [0, 0.05) is 23.5 Å².